The van der Waals surface area contributed by atoms with E-state index in [-0.39, 0.29) is 18.5 Å². The minimum Gasteiger partial charge on any atom is -0.485 e. The Morgan fingerprint density at radius 3 is 2.35 bits per heavy atom. The van der Waals surface area contributed by atoms with Gasteiger partial charge >= 0.3 is 0 Å². The molecule has 3 rings (SSSR count). The fourth-order valence-corrected chi connectivity index (χ4v) is 1.99. The molecule has 0 aliphatic carbocycles. The van der Waals surface area contributed by atoms with Crippen molar-refractivity contribution in [3.05, 3.63) is 48.3 Å². The highest BCUT2D eigenvalue weighted by atomic mass is 16.5. The second-order valence-corrected chi connectivity index (χ2v) is 4.23. The Bertz CT molecular complexity index is 734. The smallest absolute Gasteiger partial charge is 0.225 e. The van der Waals surface area contributed by atoms with E-state index in [0.29, 0.717) is 5.82 Å². The Morgan fingerprint density at radius 2 is 1.55 bits per heavy atom. The van der Waals surface area contributed by atoms with Gasteiger partial charge in [0.2, 0.25) is 11.9 Å². The SMILES string of the molecule is Nc1nc(N)nc(COc2cccc3ccccc23)n1. The van der Waals surface area contributed by atoms with Crippen molar-refractivity contribution in [2.45, 2.75) is 6.61 Å². The van der Waals surface area contributed by atoms with E-state index >= 15 is 0 Å². The van der Waals surface area contributed by atoms with Gasteiger partial charge in [-0.1, -0.05) is 36.4 Å². The van der Waals surface area contributed by atoms with Crippen LogP contribution in [0, 0.1) is 0 Å². The van der Waals surface area contributed by atoms with Gasteiger partial charge in [-0.25, -0.2) is 0 Å². The highest BCUT2D eigenvalue weighted by Gasteiger charge is 2.05. The summed E-state index contributed by atoms with van der Waals surface area (Å²) in [5.74, 6) is 1.35. The van der Waals surface area contributed by atoms with E-state index in [9.17, 15) is 0 Å². The molecule has 0 spiro atoms. The van der Waals surface area contributed by atoms with E-state index in [0.717, 1.165) is 16.5 Å². The number of nitrogen functional groups attached to an aromatic ring is 2. The fraction of sp³-hybridized carbons (Fsp3) is 0.0714. The number of nitrogens with two attached hydrogens (primary N) is 2. The van der Waals surface area contributed by atoms with Gasteiger partial charge in [0.1, 0.15) is 12.4 Å². The van der Waals surface area contributed by atoms with Crippen LogP contribution < -0.4 is 16.2 Å². The Balaban J connectivity index is 1.87. The minimum atomic E-state index is 0.0917. The molecule has 3 aromatic rings. The van der Waals surface area contributed by atoms with Gasteiger partial charge in [0.25, 0.3) is 0 Å². The van der Waals surface area contributed by atoms with E-state index in [2.05, 4.69) is 15.0 Å². The van der Waals surface area contributed by atoms with Crippen molar-refractivity contribution in [3.8, 4) is 5.75 Å². The molecule has 1 aromatic heterocycles. The van der Waals surface area contributed by atoms with Crippen LogP contribution >= 0.6 is 0 Å². The van der Waals surface area contributed by atoms with Gasteiger partial charge < -0.3 is 16.2 Å². The molecule has 100 valence electrons. The van der Waals surface area contributed by atoms with Gasteiger partial charge in [0, 0.05) is 5.39 Å². The summed E-state index contributed by atoms with van der Waals surface area (Å²) in [5.41, 5.74) is 11.0. The van der Waals surface area contributed by atoms with Crippen LogP contribution in [0.15, 0.2) is 42.5 Å². The maximum atomic E-state index is 5.75. The number of nitrogens with zero attached hydrogens (tertiary/aromatic N) is 3. The van der Waals surface area contributed by atoms with Gasteiger partial charge in [-0.15, -0.1) is 0 Å². The van der Waals surface area contributed by atoms with E-state index in [4.69, 9.17) is 16.2 Å². The van der Waals surface area contributed by atoms with Gasteiger partial charge in [-0.3, -0.25) is 0 Å². The lowest BCUT2D eigenvalue weighted by molar-refractivity contribution is 0.299. The first-order valence-electron chi connectivity index (χ1n) is 6.09. The Morgan fingerprint density at radius 1 is 0.850 bits per heavy atom. The molecule has 0 radical (unpaired) electrons. The average molecular weight is 267 g/mol. The van der Waals surface area contributed by atoms with Crippen LogP contribution in [0.3, 0.4) is 0 Å². The molecule has 20 heavy (non-hydrogen) atoms. The zero-order valence-electron chi connectivity index (χ0n) is 10.7. The molecule has 0 aliphatic rings. The summed E-state index contributed by atoms with van der Waals surface area (Å²) in [4.78, 5) is 11.7. The molecule has 0 bridgehead atoms. The maximum absolute atomic E-state index is 5.75. The normalized spacial score (nSPS) is 10.6. The first-order chi connectivity index (χ1) is 9.72. The van der Waals surface area contributed by atoms with Crippen molar-refractivity contribution < 1.29 is 4.74 Å². The van der Waals surface area contributed by atoms with Crippen molar-refractivity contribution in [2.24, 2.45) is 0 Å². The monoisotopic (exact) mass is 267 g/mol. The van der Waals surface area contributed by atoms with Crippen LogP contribution in [0.4, 0.5) is 11.9 Å². The van der Waals surface area contributed by atoms with Crippen LogP contribution in [0.2, 0.25) is 0 Å². The second kappa shape index (κ2) is 5.00. The lowest BCUT2D eigenvalue weighted by Gasteiger charge is -2.08. The first kappa shape index (κ1) is 12.2. The zero-order valence-corrected chi connectivity index (χ0v) is 10.7. The standard InChI is InChI=1S/C14H13N5O/c15-13-17-12(18-14(16)19-13)8-20-11-7-3-5-9-4-1-2-6-10(9)11/h1-7H,8H2,(H4,15,16,17,18,19). The van der Waals surface area contributed by atoms with Crippen molar-refractivity contribution >= 4 is 22.7 Å². The largest absolute Gasteiger partial charge is 0.485 e. The molecule has 1 heterocycles. The number of hydrogen-bond donors (Lipinski definition) is 2. The molecule has 2 aromatic carbocycles. The first-order valence-corrected chi connectivity index (χ1v) is 6.09. The van der Waals surface area contributed by atoms with Crippen molar-refractivity contribution in [2.75, 3.05) is 11.5 Å². The average Bonchev–Trinajstić information content (AvgIpc) is 2.44. The van der Waals surface area contributed by atoms with Gasteiger partial charge in [-0.2, -0.15) is 15.0 Å². The molecular formula is C14H13N5O. The third kappa shape index (κ3) is 2.44. The number of hydrogen-bond acceptors (Lipinski definition) is 6. The summed E-state index contributed by atoms with van der Waals surface area (Å²) in [7, 11) is 0. The predicted octanol–water partition coefficient (Wildman–Crippen LogP) is 1.77. The molecule has 0 fully saturated rings. The van der Waals surface area contributed by atoms with E-state index in [1.165, 1.54) is 0 Å². The maximum Gasteiger partial charge on any atom is 0.225 e. The topological polar surface area (TPSA) is 99.9 Å². The highest BCUT2D eigenvalue weighted by Crippen LogP contribution is 2.25. The Kier molecular flexibility index (Phi) is 3.04. The Labute approximate surface area is 115 Å². The van der Waals surface area contributed by atoms with Crippen LogP contribution in [-0.4, -0.2) is 15.0 Å². The molecule has 6 nitrogen and oxygen atoms in total. The van der Waals surface area contributed by atoms with Crippen molar-refractivity contribution in [1.82, 2.24) is 15.0 Å². The van der Waals surface area contributed by atoms with Crippen LogP contribution in [0.5, 0.6) is 5.75 Å². The van der Waals surface area contributed by atoms with Gasteiger partial charge in [0.15, 0.2) is 5.82 Å². The summed E-state index contributed by atoms with van der Waals surface area (Å²) >= 11 is 0. The lowest BCUT2D eigenvalue weighted by atomic mass is 10.1. The van der Waals surface area contributed by atoms with Crippen molar-refractivity contribution in [3.63, 3.8) is 0 Å². The molecule has 4 N–H and O–H groups in total. The molecule has 0 atom stereocenters. The third-order valence-electron chi connectivity index (χ3n) is 2.82. The van der Waals surface area contributed by atoms with Crippen LogP contribution in [0.1, 0.15) is 5.82 Å². The summed E-state index contributed by atoms with van der Waals surface area (Å²) in [6.07, 6.45) is 0. The molecular weight excluding hydrogens is 254 g/mol. The van der Waals surface area contributed by atoms with E-state index in [1.54, 1.807) is 0 Å². The van der Waals surface area contributed by atoms with Crippen molar-refractivity contribution in [1.29, 1.82) is 0 Å². The van der Waals surface area contributed by atoms with Gasteiger partial charge in [-0.05, 0) is 11.5 Å². The van der Waals surface area contributed by atoms with Gasteiger partial charge in [0.05, 0.1) is 0 Å². The predicted molar refractivity (Wildman–Crippen MR) is 76.9 cm³/mol. The number of aromatic nitrogens is 3. The van der Waals surface area contributed by atoms with Crippen LogP contribution in [-0.2, 0) is 6.61 Å². The molecule has 0 saturated heterocycles. The summed E-state index contributed by atoms with van der Waals surface area (Å²) < 4.78 is 5.75. The number of fused-ring (bicyclic) bond motifs is 1. The fourth-order valence-electron chi connectivity index (χ4n) is 1.99. The Hall–Kier alpha value is -2.89. The van der Waals surface area contributed by atoms with Crippen LogP contribution in [0.25, 0.3) is 10.8 Å². The van der Waals surface area contributed by atoms with E-state index < -0.39 is 0 Å². The number of benzene rings is 2. The zero-order chi connectivity index (χ0) is 13.9. The molecule has 6 heteroatoms. The van der Waals surface area contributed by atoms with E-state index in [1.807, 2.05) is 42.5 Å². The minimum absolute atomic E-state index is 0.0917. The number of anilines is 2. The quantitative estimate of drug-likeness (QED) is 0.750. The summed E-state index contributed by atoms with van der Waals surface area (Å²) in [5, 5.41) is 2.14. The number of ether oxygens (including phenoxy) is 1. The molecule has 0 amide bonds. The molecule has 0 aliphatic heterocycles. The third-order valence-corrected chi connectivity index (χ3v) is 2.82. The lowest BCUT2D eigenvalue weighted by Crippen LogP contribution is -2.09. The highest BCUT2D eigenvalue weighted by molar-refractivity contribution is 5.88. The molecule has 0 unspecified atom stereocenters. The number of rotatable bonds is 3. The summed E-state index contributed by atoms with van der Waals surface area (Å²) in [6, 6.07) is 13.8. The summed E-state index contributed by atoms with van der Waals surface area (Å²) in [6.45, 7) is 0.185. The molecule has 0 saturated carbocycles. The second-order valence-electron chi connectivity index (χ2n) is 4.23.